The van der Waals surface area contributed by atoms with E-state index in [1.165, 1.54) is 7.11 Å². The van der Waals surface area contributed by atoms with E-state index in [2.05, 4.69) is 4.98 Å². The molecule has 0 atom stereocenters. The van der Waals surface area contributed by atoms with Crippen molar-refractivity contribution in [3.63, 3.8) is 0 Å². The molecule has 158 valence electrons. The quantitative estimate of drug-likeness (QED) is 0.423. The Balaban J connectivity index is 1.69. The molecule has 0 aliphatic heterocycles. The van der Waals surface area contributed by atoms with Crippen LogP contribution in [0.3, 0.4) is 0 Å². The first-order chi connectivity index (χ1) is 15.0. The first kappa shape index (κ1) is 20.6. The van der Waals surface area contributed by atoms with Crippen molar-refractivity contribution in [2.24, 2.45) is 0 Å². The average molecular weight is 419 g/mol. The molecular formula is C24H21NO6. The molecule has 0 unspecified atom stereocenters. The molecule has 0 saturated carbocycles. The predicted octanol–water partition coefficient (Wildman–Crippen LogP) is 4.58. The largest absolute Gasteiger partial charge is 0.465 e. The molecule has 4 aromatic rings. The minimum Gasteiger partial charge on any atom is -0.465 e. The number of aromatic nitrogens is 1. The SMILES string of the molecule is COCc1c(C(=O)OCc2nc3ccccc3c(C)c2C(=O)OC)oc2ccccc12. The second kappa shape index (κ2) is 8.57. The van der Waals surface area contributed by atoms with Crippen LogP contribution in [-0.2, 0) is 27.4 Å². The second-order valence-electron chi connectivity index (χ2n) is 6.98. The molecule has 31 heavy (non-hydrogen) atoms. The summed E-state index contributed by atoms with van der Waals surface area (Å²) in [5, 5.41) is 1.61. The molecule has 2 aromatic heterocycles. The van der Waals surface area contributed by atoms with Gasteiger partial charge in [-0.15, -0.1) is 0 Å². The molecule has 4 rings (SSSR count). The van der Waals surface area contributed by atoms with Crippen LogP contribution in [0.4, 0.5) is 0 Å². The molecule has 0 aliphatic rings. The van der Waals surface area contributed by atoms with Gasteiger partial charge in [0, 0.05) is 23.4 Å². The zero-order chi connectivity index (χ0) is 22.0. The van der Waals surface area contributed by atoms with Crippen LogP contribution in [0.15, 0.2) is 52.9 Å². The maximum Gasteiger partial charge on any atom is 0.375 e. The van der Waals surface area contributed by atoms with Gasteiger partial charge < -0.3 is 18.6 Å². The fraction of sp³-hybridized carbons (Fsp3) is 0.208. The second-order valence-corrected chi connectivity index (χ2v) is 6.98. The summed E-state index contributed by atoms with van der Waals surface area (Å²) in [6.07, 6.45) is 0. The van der Waals surface area contributed by atoms with Gasteiger partial charge in [-0.05, 0) is 24.6 Å². The number of methoxy groups -OCH3 is 2. The van der Waals surface area contributed by atoms with E-state index in [9.17, 15) is 9.59 Å². The average Bonchev–Trinajstić information content (AvgIpc) is 3.16. The lowest BCUT2D eigenvalue weighted by Crippen LogP contribution is -2.14. The molecule has 0 aliphatic carbocycles. The molecule has 7 nitrogen and oxygen atoms in total. The monoisotopic (exact) mass is 419 g/mol. The van der Waals surface area contributed by atoms with E-state index < -0.39 is 11.9 Å². The number of aryl methyl sites for hydroxylation is 1. The first-order valence-electron chi connectivity index (χ1n) is 9.68. The molecule has 2 aromatic carbocycles. The maximum absolute atomic E-state index is 12.9. The Morgan fingerprint density at radius 1 is 0.935 bits per heavy atom. The summed E-state index contributed by atoms with van der Waals surface area (Å²) >= 11 is 0. The molecule has 2 heterocycles. The summed E-state index contributed by atoms with van der Waals surface area (Å²) in [5.41, 5.74) is 3.20. The van der Waals surface area contributed by atoms with Gasteiger partial charge in [0.1, 0.15) is 12.2 Å². The van der Waals surface area contributed by atoms with Gasteiger partial charge in [0.2, 0.25) is 5.76 Å². The highest BCUT2D eigenvalue weighted by atomic mass is 16.5. The maximum atomic E-state index is 12.9. The normalized spacial score (nSPS) is 11.1. The summed E-state index contributed by atoms with van der Waals surface area (Å²) in [5.74, 6) is -1.13. The minimum absolute atomic E-state index is 0.0696. The van der Waals surface area contributed by atoms with Crippen LogP contribution in [-0.4, -0.2) is 31.1 Å². The Morgan fingerprint density at radius 3 is 2.39 bits per heavy atom. The number of benzene rings is 2. The number of carbonyl (C=O) groups excluding carboxylic acids is 2. The van der Waals surface area contributed by atoms with E-state index in [4.69, 9.17) is 18.6 Å². The molecule has 0 N–H and O–H groups in total. The van der Waals surface area contributed by atoms with Crippen molar-refractivity contribution in [3.8, 4) is 0 Å². The first-order valence-corrected chi connectivity index (χ1v) is 9.68. The predicted molar refractivity (Wildman–Crippen MR) is 114 cm³/mol. The number of nitrogens with zero attached hydrogens (tertiary/aromatic N) is 1. The lowest BCUT2D eigenvalue weighted by molar-refractivity contribution is 0.0418. The van der Waals surface area contributed by atoms with Crippen LogP contribution in [0, 0.1) is 6.92 Å². The van der Waals surface area contributed by atoms with Gasteiger partial charge in [-0.3, -0.25) is 0 Å². The molecule has 0 fully saturated rings. The molecule has 7 heteroatoms. The van der Waals surface area contributed by atoms with E-state index in [1.54, 1.807) is 13.2 Å². The lowest BCUT2D eigenvalue weighted by Gasteiger charge is -2.13. The topological polar surface area (TPSA) is 87.9 Å². The third-order valence-corrected chi connectivity index (χ3v) is 5.13. The number of hydrogen-bond donors (Lipinski definition) is 0. The van der Waals surface area contributed by atoms with Crippen molar-refractivity contribution in [3.05, 3.63) is 76.7 Å². The summed E-state index contributed by atoms with van der Waals surface area (Å²) in [7, 11) is 2.85. The van der Waals surface area contributed by atoms with Crippen molar-refractivity contribution in [2.75, 3.05) is 14.2 Å². The summed E-state index contributed by atoms with van der Waals surface area (Å²) in [6.45, 7) is 1.80. The van der Waals surface area contributed by atoms with Crippen LogP contribution < -0.4 is 0 Å². The number of pyridine rings is 1. The number of esters is 2. The van der Waals surface area contributed by atoms with E-state index in [0.717, 1.165) is 10.8 Å². The number of carbonyl (C=O) groups is 2. The number of hydrogen-bond acceptors (Lipinski definition) is 7. The highest BCUT2D eigenvalue weighted by Gasteiger charge is 2.24. The van der Waals surface area contributed by atoms with Gasteiger partial charge in [-0.2, -0.15) is 0 Å². The number of fused-ring (bicyclic) bond motifs is 2. The van der Waals surface area contributed by atoms with E-state index >= 15 is 0 Å². The molecule has 0 spiro atoms. The molecule has 0 radical (unpaired) electrons. The zero-order valence-electron chi connectivity index (χ0n) is 17.4. The van der Waals surface area contributed by atoms with Gasteiger partial charge in [-0.1, -0.05) is 36.4 Å². The fourth-order valence-electron chi connectivity index (χ4n) is 3.67. The Bertz CT molecular complexity index is 1290. The number of rotatable bonds is 6. The van der Waals surface area contributed by atoms with Crippen molar-refractivity contribution in [2.45, 2.75) is 20.1 Å². The molecule has 0 saturated heterocycles. The molecular weight excluding hydrogens is 398 g/mol. The minimum atomic E-state index is -0.660. The van der Waals surface area contributed by atoms with E-state index in [1.807, 2.05) is 49.4 Å². The number of ether oxygens (including phenoxy) is 3. The van der Waals surface area contributed by atoms with Gasteiger partial charge in [0.15, 0.2) is 0 Å². The molecule has 0 amide bonds. The van der Waals surface area contributed by atoms with Gasteiger partial charge >= 0.3 is 11.9 Å². The Labute approximate surface area is 178 Å². The zero-order valence-corrected chi connectivity index (χ0v) is 17.4. The van der Waals surface area contributed by atoms with Gasteiger partial charge in [0.25, 0.3) is 0 Å². The summed E-state index contributed by atoms with van der Waals surface area (Å²) in [6, 6.07) is 14.8. The van der Waals surface area contributed by atoms with Crippen molar-refractivity contribution in [1.29, 1.82) is 0 Å². The van der Waals surface area contributed by atoms with Crippen molar-refractivity contribution >= 4 is 33.8 Å². The fourth-order valence-corrected chi connectivity index (χ4v) is 3.67. The Kier molecular flexibility index (Phi) is 5.68. The van der Waals surface area contributed by atoms with Gasteiger partial charge in [-0.25, -0.2) is 14.6 Å². The Morgan fingerprint density at radius 2 is 1.65 bits per heavy atom. The van der Waals surface area contributed by atoms with Crippen molar-refractivity contribution in [1.82, 2.24) is 4.98 Å². The van der Waals surface area contributed by atoms with Gasteiger partial charge in [0.05, 0.1) is 30.5 Å². The van der Waals surface area contributed by atoms with Crippen LogP contribution in [0.25, 0.3) is 21.9 Å². The standard InChI is InChI=1S/C24H21NO6/c1-14-15-8-4-6-10-18(15)25-19(21(14)23(26)29-3)13-30-24(27)22-17(12-28-2)16-9-5-7-11-20(16)31-22/h4-11H,12-13H2,1-3H3. The van der Waals surface area contributed by atoms with Crippen LogP contribution >= 0.6 is 0 Å². The molecule has 0 bridgehead atoms. The summed E-state index contributed by atoms with van der Waals surface area (Å²) in [4.78, 5) is 29.8. The Hall–Kier alpha value is -3.71. The summed E-state index contributed by atoms with van der Waals surface area (Å²) < 4.78 is 21.4. The third-order valence-electron chi connectivity index (χ3n) is 5.13. The third kappa shape index (κ3) is 3.75. The van der Waals surface area contributed by atoms with E-state index in [0.29, 0.717) is 27.9 Å². The van der Waals surface area contributed by atoms with Crippen LogP contribution in [0.1, 0.15) is 37.7 Å². The lowest BCUT2D eigenvalue weighted by atomic mass is 10.0. The van der Waals surface area contributed by atoms with Crippen LogP contribution in [0.5, 0.6) is 0 Å². The number of furan rings is 1. The highest BCUT2D eigenvalue weighted by Crippen LogP contribution is 2.28. The van der Waals surface area contributed by atoms with E-state index in [-0.39, 0.29) is 24.5 Å². The van der Waals surface area contributed by atoms with Crippen molar-refractivity contribution < 1.29 is 28.2 Å². The van der Waals surface area contributed by atoms with Crippen LogP contribution in [0.2, 0.25) is 0 Å². The smallest absolute Gasteiger partial charge is 0.375 e. The number of para-hydroxylation sites is 2. The highest BCUT2D eigenvalue weighted by molar-refractivity contribution is 5.99.